The second-order valence-electron chi connectivity index (χ2n) is 5.82. The zero-order chi connectivity index (χ0) is 13.8. The van der Waals surface area contributed by atoms with Crippen LogP contribution in [0.4, 0.5) is 0 Å². The standard InChI is InChI=1S/C15H24O4/c1-18-14(19-2)9-11-7-6-10-8-12(16)4-3-5-13(17)15(10)11/h10-11,14-15H,3-9H2,1-2H3/t10-,11+,15+/m1/s1. The van der Waals surface area contributed by atoms with Crippen LogP contribution in [-0.2, 0) is 19.1 Å². The summed E-state index contributed by atoms with van der Waals surface area (Å²) in [6.07, 6.45) is 4.99. The average Bonchev–Trinajstić information content (AvgIpc) is 2.76. The van der Waals surface area contributed by atoms with Crippen LogP contribution in [0.2, 0.25) is 0 Å². The van der Waals surface area contributed by atoms with Gasteiger partial charge in [0.15, 0.2) is 6.29 Å². The van der Waals surface area contributed by atoms with Crippen LogP contribution in [0.15, 0.2) is 0 Å². The first-order chi connectivity index (χ1) is 9.15. The Morgan fingerprint density at radius 2 is 1.89 bits per heavy atom. The van der Waals surface area contributed by atoms with Crippen molar-refractivity contribution >= 4 is 11.6 Å². The predicted molar refractivity (Wildman–Crippen MR) is 70.6 cm³/mol. The van der Waals surface area contributed by atoms with Gasteiger partial charge in [-0.25, -0.2) is 0 Å². The lowest BCUT2D eigenvalue weighted by molar-refractivity contribution is -0.133. The SMILES string of the molecule is COC(C[C@@H]1CC[C@@H]2CC(=O)CCCC(=O)[C@@H]21)OC. The van der Waals surface area contributed by atoms with Crippen LogP contribution in [0.1, 0.15) is 44.9 Å². The first-order valence-corrected chi connectivity index (χ1v) is 7.25. The Balaban J connectivity index is 2.06. The summed E-state index contributed by atoms with van der Waals surface area (Å²) in [4.78, 5) is 24.1. The molecule has 0 unspecified atom stereocenters. The number of methoxy groups -OCH3 is 2. The summed E-state index contributed by atoms with van der Waals surface area (Å²) in [5.41, 5.74) is 0. The predicted octanol–water partition coefficient (Wildman–Crippen LogP) is 2.35. The number of ether oxygens (including phenoxy) is 2. The number of ketones is 2. The van der Waals surface area contributed by atoms with E-state index in [1.807, 2.05) is 0 Å². The van der Waals surface area contributed by atoms with Gasteiger partial charge in [0.25, 0.3) is 0 Å². The van der Waals surface area contributed by atoms with E-state index in [4.69, 9.17) is 9.47 Å². The van der Waals surface area contributed by atoms with Crippen LogP contribution in [0.3, 0.4) is 0 Å². The normalized spacial score (nSPS) is 32.3. The van der Waals surface area contributed by atoms with Crippen LogP contribution >= 0.6 is 0 Å². The molecule has 2 fully saturated rings. The van der Waals surface area contributed by atoms with E-state index in [1.54, 1.807) is 14.2 Å². The van der Waals surface area contributed by atoms with Gasteiger partial charge >= 0.3 is 0 Å². The molecule has 0 saturated heterocycles. The van der Waals surface area contributed by atoms with Crippen LogP contribution < -0.4 is 0 Å². The third kappa shape index (κ3) is 3.42. The molecule has 108 valence electrons. The molecule has 0 amide bonds. The molecule has 0 aromatic carbocycles. The second kappa shape index (κ2) is 6.62. The Morgan fingerprint density at radius 3 is 2.58 bits per heavy atom. The lowest BCUT2D eigenvalue weighted by Gasteiger charge is -2.27. The smallest absolute Gasteiger partial charge is 0.157 e. The molecule has 0 N–H and O–H groups in total. The Kier molecular flexibility index (Phi) is 5.11. The van der Waals surface area contributed by atoms with E-state index >= 15 is 0 Å². The molecule has 0 spiro atoms. The zero-order valence-corrected chi connectivity index (χ0v) is 11.9. The van der Waals surface area contributed by atoms with Crippen molar-refractivity contribution < 1.29 is 19.1 Å². The molecular weight excluding hydrogens is 244 g/mol. The van der Waals surface area contributed by atoms with Crippen LogP contribution in [0, 0.1) is 17.8 Å². The maximum absolute atomic E-state index is 12.3. The molecule has 0 aromatic rings. The van der Waals surface area contributed by atoms with Crippen molar-refractivity contribution in [2.75, 3.05) is 14.2 Å². The molecule has 0 heterocycles. The second-order valence-corrected chi connectivity index (χ2v) is 5.82. The number of hydrogen-bond donors (Lipinski definition) is 0. The van der Waals surface area contributed by atoms with Gasteiger partial charge in [0, 0.05) is 45.8 Å². The Labute approximate surface area is 114 Å². The first kappa shape index (κ1) is 14.7. The van der Waals surface area contributed by atoms with Gasteiger partial charge in [0.2, 0.25) is 0 Å². The molecule has 0 aromatic heterocycles. The summed E-state index contributed by atoms with van der Waals surface area (Å²) in [7, 11) is 3.26. The minimum Gasteiger partial charge on any atom is -0.356 e. The van der Waals surface area contributed by atoms with Crippen molar-refractivity contribution in [2.45, 2.75) is 51.2 Å². The topological polar surface area (TPSA) is 52.6 Å². The maximum atomic E-state index is 12.3. The first-order valence-electron chi connectivity index (χ1n) is 7.25. The van der Waals surface area contributed by atoms with Crippen molar-refractivity contribution in [3.8, 4) is 0 Å². The van der Waals surface area contributed by atoms with Crippen LogP contribution in [-0.4, -0.2) is 32.1 Å². The average molecular weight is 268 g/mol. The molecule has 0 aliphatic heterocycles. The highest BCUT2D eigenvalue weighted by molar-refractivity contribution is 5.86. The molecule has 2 saturated carbocycles. The van der Waals surface area contributed by atoms with Gasteiger partial charge in [-0.15, -0.1) is 0 Å². The lowest BCUT2D eigenvalue weighted by Crippen LogP contribution is -2.31. The molecular formula is C15H24O4. The molecule has 0 bridgehead atoms. The maximum Gasteiger partial charge on any atom is 0.157 e. The summed E-state index contributed by atoms with van der Waals surface area (Å²) >= 11 is 0. The third-order valence-electron chi connectivity index (χ3n) is 4.69. The number of rotatable bonds is 4. The van der Waals surface area contributed by atoms with E-state index in [2.05, 4.69) is 0 Å². The minimum atomic E-state index is -0.238. The summed E-state index contributed by atoms with van der Waals surface area (Å²) in [6.45, 7) is 0. The van der Waals surface area contributed by atoms with Crippen LogP contribution in [0.5, 0.6) is 0 Å². The fourth-order valence-electron chi connectivity index (χ4n) is 3.75. The largest absolute Gasteiger partial charge is 0.356 e. The van der Waals surface area contributed by atoms with Crippen molar-refractivity contribution in [3.63, 3.8) is 0 Å². The lowest BCUT2D eigenvalue weighted by atomic mass is 9.78. The number of carbonyl (C=O) groups excluding carboxylic acids is 2. The molecule has 19 heavy (non-hydrogen) atoms. The van der Waals surface area contributed by atoms with E-state index < -0.39 is 0 Å². The molecule has 0 radical (unpaired) electrons. The van der Waals surface area contributed by atoms with E-state index in [0.29, 0.717) is 36.7 Å². The highest BCUT2D eigenvalue weighted by Crippen LogP contribution is 2.44. The Bertz CT molecular complexity index is 335. The highest BCUT2D eigenvalue weighted by Gasteiger charge is 2.42. The van der Waals surface area contributed by atoms with Gasteiger partial charge in [0.05, 0.1) is 0 Å². The third-order valence-corrected chi connectivity index (χ3v) is 4.69. The quantitative estimate of drug-likeness (QED) is 0.734. The summed E-state index contributed by atoms with van der Waals surface area (Å²) < 4.78 is 10.5. The van der Waals surface area contributed by atoms with Crippen molar-refractivity contribution in [1.29, 1.82) is 0 Å². The molecule has 2 aliphatic carbocycles. The van der Waals surface area contributed by atoms with E-state index in [-0.39, 0.29) is 18.1 Å². The van der Waals surface area contributed by atoms with Gasteiger partial charge in [-0.2, -0.15) is 0 Å². The van der Waals surface area contributed by atoms with Crippen LogP contribution in [0.25, 0.3) is 0 Å². The van der Waals surface area contributed by atoms with Crippen molar-refractivity contribution in [1.82, 2.24) is 0 Å². The van der Waals surface area contributed by atoms with Crippen molar-refractivity contribution in [3.05, 3.63) is 0 Å². The monoisotopic (exact) mass is 268 g/mol. The minimum absolute atomic E-state index is 0.0528. The number of carbonyl (C=O) groups is 2. The van der Waals surface area contributed by atoms with Gasteiger partial charge in [-0.05, 0) is 31.1 Å². The Morgan fingerprint density at radius 1 is 1.16 bits per heavy atom. The van der Waals surface area contributed by atoms with Crippen molar-refractivity contribution in [2.24, 2.45) is 17.8 Å². The summed E-state index contributed by atoms with van der Waals surface area (Å²) in [6, 6.07) is 0. The molecule has 2 aliphatic rings. The van der Waals surface area contributed by atoms with E-state index in [1.165, 1.54) is 0 Å². The van der Waals surface area contributed by atoms with E-state index in [9.17, 15) is 9.59 Å². The van der Waals surface area contributed by atoms with Gasteiger partial charge in [-0.1, -0.05) is 0 Å². The highest BCUT2D eigenvalue weighted by atomic mass is 16.7. The number of hydrogen-bond acceptors (Lipinski definition) is 4. The summed E-state index contributed by atoms with van der Waals surface area (Å²) in [5, 5.41) is 0. The fraction of sp³-hybridized carbons (Fsp3) is 0.867. The summed E-state index contributed by atoms with van der Waals surface area (Å²) in [5.74, 6) is 1.31. The molecule has 4 heteroatoms. The molecule has 2 rings (SSSR count). The molecule has 3 atom stereocenters. The van der Waals surface area contributed by atoms with Gasteiger partial charge < -0.3 is 9.47 Å². The number of fused-ring (bicyclic) bond motifs is 1. The van der Waals surface area contributed by atoms with Gasteiger partial charge in [0.1, 0.15) is 11.6 Å². The number of Topliss-reactive ketones (excluding diaryl/α,β-unsaturated/α-hetero) is 2. The Hall–Kier alpha value is -0.740. The molecule has 4 nitrogen and oxygen atoms in total. The van der Waals surface area contributed by atoms with E-state index in [0.717, 1.165) is 25.7 Å². The fourth-order valence-corrected chi connectivity index (χ4v) is 3.75. The zero-order valence-electron chi connectivity index (χ0n) is 11.9. The van der Waals surface area contributed by atoms with Gasteiger partial charge in [-0.3, -0.25) is 9.59 Å².